The third kappa shape index (κ3) is 2.88. The van der Waals surface area contributed by atoms with Crippen molar-refractivity contribution in [1.82, 2.24) is 4.98 Å². The van der Waals surface area contributed by atoms with Crippen LogP contribution >= 0.6 is 15.9 Å². The van der Waals surface area contributed by atoms with E-state index in [1.807, 2.05) is 0 Å². The van der Waals surface area contributed by atoms with Gasteiger partial charge in [-0.3, -0.25) is 19.5 Å². The fraction of sp³-hybridized carbons (Fsp3) is 0.250. The van der Waals surface area contributed by atoms with Gasteiger partial charge in [0.1, 0.15) is 5.82 Å². The first-order valence-electron chi connectivity index (χ1n) is 8.50. The summed E-state index contributed by atoms with van der Waals surface area (Å²) < 4.78 is 15.2. The molecule has 1 aromatic carbocycles. The molecule has 1 aliphatic carbocycles. The number of nitrogens with zero attached hydrogens (tertiary/aromatic N) is 2. The molecule has 1 unspecified atom stereocenters. The number of rotatable bonds is 2. The van der Waals surface area contributed by atoms with Crippen LogP contribution in [0, 0.1) is 5.82 Å². The zero-order valence-corrected chi connectivity index (χ0v) is 15.5. The summed E-state index contributed by atoms with van der Waals surface area (Å²) in [4.78, 5) is 31.4. The predicted octanol–water partition coefficient (Wildman–Crippen LogP) is 4.51. The number of carbonyl (C=O) groups excluding carboxylic acids is 2. The van der Waals surface area contributed by atoms with Crippen LogP contribution in [0.1, 0.15) is 37.2 Å². The number of pyridine rings is 1. The molecule has 0 fully saturated rings. The van der Waals surface area contributed by atoms with Crippen molar-refractivity contribution in [2.75, 3.05) is 4.90 Å². The van der Waals surface area contributed by atoms with Crippen molar-refractivity contribution >= 4 is 33.3 Å². The number of allylic oxidation sites excluding steroid dienone is 2. The van der Waals surface area contributed by atoms with Gasteiger partial charge >= 0.3 is 0 Å². The molecule has 0 N–H and O–H groups in total. The summed E-state index contributed by atoms with van der Waals surface area (Å²) in [5.41, 5.74) is 2.29. The highest BCUT2D eigenvalue weighted by Crippen LogP contribution is 2.44. The van der Waals surface area contributed by atoms with Crippen molar-refractivity contribution in [1.29, 1.82) is 0 Å². The summed E-state index contributed by atoms with van der Waals surface area (Å²) in [7, 11) is 0. The molecular weight excluding hydrogens is 399 g/mol. The molecule has 2 aliphatic rings. The average Bonchev–Trinajstić information content (AvgIpc) is 2.64. The summed E-state index contributed by atoms with van der Waals surface area (Å²) in [6.07, 6.45) is 5.05. The molecule has 0 saturated heterocycles. The Morgan fingerprint density at radius 3 is 2.81 bits per heavy atom. The fourth-order valence-electron chi connectivity index (χ4n) is 3.83. The van der Waals surface area contributed by atoms with E-state index in [9.17, 15) is 14.0 Å². The highest BCUT2D eigenvalue weighted by Gasteiger charge is 2.40. The Balaban J connectivity index is 1.89. The summed E-state index contributed by atoms with van der Waals surface area (Å²) in [6, 6.07) is 8.20. The number of benzene rings is 1. The molecule has 132 valence electrons. The Kier molecular flexibility index (Phi) is 4.44. The third-order valence-corrected chi connectivity index (χ3v) is 5.41. The molecule has 2 aromatic rings. The zero-order valence-electron chi connectivity index (χ0n) is 13.9. The number of carbonyl (C=O) groups is 2. The van der Waals surface area contributed by atoms with Gasteiger partial charge in [-0.1, -0.05) is 15.9 Å². The Morgan fingerprint density at radius 2 is 2.04 bits per heavy atom. The van der Waals surface area contributed by atoms with E-state index in [0.29, 0.717) is 41.8 Å². The van der Waals surface area contributed by atoms with Gasteiger partial charge in [0.2, 0.25) is 5.91 Å². The van der Waals surface area contributed by atoms with Crippen LogP contribution in [-0.2, 0) is 9.59 Å². The van der Waals surface area contributed by atoms with E-state index in [1.165, 1.54) is 6.07 Å². The number of ketones is 1. The maximum atomic E-state index is 14.5. The maximum absolute atomic E-state index is 14.5. The Hall–Kier alpha value is -2.34. The Labute approximate surface area is 158 Å². The van der Waals surface area contributed by atoms with Gasteiger partial charge in [-0.05, 0) is 48.7 Å². The number of halogens is 2. The van der Waals surface area contributed by atoms with Gasteiger partial charge in [-0.2, -0.15) is 0 Å². The molecule has 0 spiro atoms. The number of aromatic nitrogens is 1. The van der Waals surface area contributed by atoms with Crippen molar-refractivity contribution < 1.29 is 14.0 Å². The normalized spacial score (nSPS) is 20.4. The first-order chi connectivity index (χ1) is 12.6. The van der Waals surface area contributed by atoms with Crippen LogP contribution in [-0.4, -0.2) is 16.7 Å². The molecule has 1 atom stereocenters. The zero-order chi connectivity index (χ0) is 18.3. The van der Waals surface area contributed by atoms with E-state index in [1.54, 1.807) is 41.6 Å². The van der Waals surface area contributed by atoms with Crippen LogP contribution in [0.5, 0.6) is 0 Å². The van der Waals surface area contributed by atoms with Crippen LogP contribution in [0.3, 0.4) is 0 Å². The molecule has 4 rings (SSSR count). The topological polar surface area (TPSA) is 50.3 Å². The molecule has 2 heterocycles. The number of hydrogen-bond donors (Lipinski definition) is 0. The van der Waals surface area contributed by atoms with Gasteiger partial charge in [0, 0.05) is 40.7 Å². The molecular formula is C20H16BrFN2O2. The molecule has 6 heteroatoms. The first kappa shape index (κ1) is 17.1. The average molecular weight is 415 g/mol. The molecule has 1 aromatic heterocycles. The molecule has 26 heavy (non-hydrogen) atoms. The molecule has 1 amide bonds. The number of hydrogen-bond acceptors (Lipinski definition) is 3. The summed E-state index contributed by atoms with van der Waals surface area (Å²) >= 11 is 3.36. The summed E-state index contributed by atoms with van der Waals surface area (Å²) in [5, 5.41) is 0. The van der Waals surface area contributed by atoms with E-state index in [2.05, 4.69) is 20.9 Å². The van der Waals surface area contributed by atoms with E-state index in [4.69, 9.17) is 0 Å². The molecule has 1 aliphatic heterocycles. The van der Waals surface area contributed by atoms with Crippen molar-refractivity contribution in [2.45, 2.75) is 31.6 Å². The SMILES string of the molecule is O=C1CCCC2=C1C(c1cc(Br)ccc1F)CC(=O)N2c1cccnc1. The van der Waals surface area contributed by atoms with Crippen molar-refractivity contribution in [3.63, 3.8) is 0 Å². The Bertz CT molecular complexity index is 927. The molecule has 0 bridgehead atoms. The monoisotopic (exact) mass is 414 g/mol. The minimum absolute atomic E-state index is 0.00276. The second-order valence-electron chi connectivity index (χ2n) is 6.50. The van der Waals surface area contributed by atoms with E-state index >= 15 is 0 Å². The van der Waals surface area contributed by atoms with Crippen LogP contribution in [0.15, 0.2) is 58.5 Å². The fourth-order valence-corrected chi connectivity index (χ4v) is 4.20. The Morgan fingerprint density at radius 1 is 1.19 bits per heavy atom. The highest BCUT2D eigenvalue weighted by molar-refractivity contribution is 9.10. The van der Waals surface area contributed by atoms with Crippen LogP contribution in [0.2, 0.25) is 0 Å². The second kappa shape index (κ2) is 6.76. The second-order valence-corrected chi connectivity index (χ2v) is 7.42. The summed E-state index contributed by atoms with van der Waals surface area (Å²) in [5.74, 6) is -1.09. The van der Waals surface area contributed by atoms with Gasteiger partial charge in [-0.25, -0.2) is 4.39 Å². The van der Waals surface area contributed by atoms with E-state index in [0.717, 1.165) is 4.47 Å². The van der Waals surface area contributed by atoms with Crippen LogP contribution in [0.25, 0.3) is 0 Å². The van der Waals surface area contributed by atoms with Crippen LogP contribution in [0.4, 0.5) is 10.1 Å². The van der Waals surface area contributed by atoms with E-state index in [-0.39, 0.29) is 18.1 Å². The molecule has 0 radical (unpaired) electrons. The van der Waals surface area contributed by atoms with Gasteiger partial charge in [0.15, 0.2) is 5.78 Å². The number of anilines is 1. The largest absolute Gasteiger partial charge is 0.294 e. The number of Topliss-reactive ketones (excluding diaryl/α,β-unsaturated/α-hetero) is 1. The van der Waals surface area contributed by atoms with E-state index < -0.39 is 11.7 Å². The smallest absolute Gasteiger partial charge is 0.232 e. The van der Waals surface area contributed by atoms with Gasteiger partial charge in [0.25, 0.3) is 0 Å². The first-order valence-corrected chi connectivity index (χ1v) is 9.29. The minimum atomic E-state index is -0.546. The quantitative estimate of drug-likeness (QED) is 0.725. The lowest BCUT2D eigenvalue weighted by Gasteiger charge is -2.38. The predicted molar refractivity (Wildman–Crippen MR) is 99.1 cm³/mol. The van der Waals surface area contributed by atoms with Crippen molar-refractivity contribution in [3.05, 3.63) is 69.8 Å². The maximum Gasteiger partial charge on any atom is 0.232 e. The standard InChI is InChI=1S/C20H16BrFN2O2/c21-12-6-7-16(22)14(9-12)15-10-19(26)24(13-3-2-8-23-11-13)17-4-1-5-18(25)20(15)17/h2-3,6-9,11,15H,1,4-5,10H2. The lowest BCUT2D eigenvalue weighted by molar-refractivity contribution is -0.119. The van der Waals surface area contributed by atoms with Crippen LogP contribution < -0.4 is 4.90 Å². The number of amides is 1. The minimum Gasteiger partial charge on any atom is -0.294 e. The third-order valence-electron chi connectivity index (χ3n) is 4.91. The lowest BCUT2D eigenvalue weighted by atomic mass is 9.77. The molecule has 0 saturated carbocycles. The molecule has 4 nitrogen and oxygen atoms in total. The van der Waals surface area contributed by atoms with Crippen molar-refractivity contribution in [2.24, 2.45) is 0 Å². The van der Waals surface area contributed by atoms with Gasteiger partial charge < -0.3 is 0 Å². The van der Waals surface area contributed by atoms with Crippen molar-refractivity contribution in [3.8, 4) is 0 Å². The summed E-state index contributed by atoms with van der Waals surface area (Å²) in [6.45, 7) is 0. The van der Waals surface area contributed by atoms with Gasteiger partial charge in [-0.15, -0.1) is 0 Å². The lowest BCUT2D eigenvalue weighted by Crippen LogP contribution is -2.40. The highest BCUT2D eigenvalue weighted by atomic mass is 79.9. The van der Waals surface area contributed by atoms with Gasteiger partial charge in [0.05, 0.1) is 11.9 Å².